The molecule has 1 aromatic carbocycles. The third-order valence-corrected chi connectivity index (χ3v) is 2.61. The third-order valence-electron chi connectivity index (χ3n) is 2.61. The van der Waals surface area contributed by atoms with Crippen molar-refractivity contribution in [1.29, 1.82) is 0 Å². The molecule has 0 saturated heterocycles. The summed E-state index contributed by atoms with van der Waals surface area (Å²) in [5.41, 5.74) is 2.58. The van der Waals surface area contributed by atoms with E-state index < -0.39 is 0 Å². The predicted molar refractivity (Wildman–Crippen MR) is 70.8 cm³/mol. The first-order chi connectivity index (χ1) is 8.70. The summed E-state index contributed by atoms with van der Waals surface area (Å²) >= 11 is 0. The molecule has 1 aromatic heterocycles. The van der Waals surface area contributed by atoms with Crippen LogP contribution in [0.4, 0.5) is 0 Å². The molecule has 0 saturated carbocycles. The van der Waals surface area contributed by atoms with Gasteiger partial charge < -0.3 is 4.74 Å². The van der Waals surface area contributed by atoms with Crippen molar-refractivity contribution in [2.24, 2.45) is 0 Å². The lowest BCUT2D eigenvalue weighted by Crippen LogP contribution is -2.05. The fraction of sp³-hybridized carbons (Fsp3) is 0.286. The maximum absolute atomic E-state index is 11.0. The molecular formula is C14H16N2O2. The summed E-state index contributed by atoms with van der Waals surface area (Å²) in [4.78, 5) is 11.0. The molecule has 0 unspecified atom stereocenters. The fourth-order valence-corrected chi connectivity index (χ4v) is 1.69. The number of rotatable bonds is 4. The van der Waals surface area contributed by atoms with E-state index in [-0.39, 0.29) is 5.56 Å². The molecule has 0 fully saturated rings. The standard InChI is InChI=1S/C14H16N2O2/c1-3-8-18-13-6-4-11(9-10(13)2)12-5-7-14(17)16-15-12/h4-7,9H,3,8H2,1-2H3,(H,16,17). The van der Waals surface area contributed by atoms with Crippen molar-refractivity contribution in [3.63, 3.8) is 0 Å². The van der Waals surface area contributed by atoms with Gasteiger partial charge in [-0.05, 0) is 43.2 Å². The van der Waals surface area contributed by atoms with E-state index >= 15 is 0 Å². The lowest BCUT2D eigenvalue weighted by molar-refractivity contribution is 0.315. The number of ether oxygens (including phenoxy) is 1. The molecule has 94 valence electrons. The van der Waals surface area contributed by atoms with Gasteiger partial charge in [-0.2, -0.15) is 5.10 Å². The minimum absolute atomic E-state index is 0.196. The molecule has 0 aliphatic heterocycles. The average Bonchev–Trinajstić information content (AvgIpc) is 2.38. The Morgan fingerprint density at radius 1 is 1.28 bits per heavy atom. The van der Waals surface area contributed by atoms with Gasteiger partial charge in [0.25, 0.3) is 5.56 Å². The zero-order chi connectivity index (χ0) is 13.0. The van der Waals surface area contributed by atoms with Gasteiger partial charge in [0.15, 0.2) is 0 Å². The Morgan fingerprint density at radius 3 is 2.72 bits per heavy atom. The van der Waals surface area contributed by atoms with Crippen molar-refractivity contribution in [3.05, 3.63) is 46.2 Å². The number of hydrogen-bond donors (Lipinski definition) is 1. The number of H-pyrrole nitrogens is 1. The quantitative estimate of drug-likeness (QED) is 0.899. The molecule has 4 nitrogen and oxygen atoms in total. The van der Waals surface area contributed by atoms with Gasteiger partial charge in [-0.1, -0.05) is 6.92 Å². The number of aromatic nitrogens is 2. The van der Waals surface area contributed by atoms with E-state index in [4.69, 9.17) is 4.74 Å². The van der Waals surface area contributed by atoms with Crippen LogP contribution >= 0.6 is 0 Å². The predicted octanol–water partition coefficient (Wildman–Crippen LogP) is 2.53. The average molecular weight is 244 g/mol. The van der Waals surface area contributed by atoms with Gasteiger partial charge in [-0.25, -0.2) is 5.10 Å². The molecular weight excluding hydrogens is 228 g/mol. The summed E-state index contributed by atoms with van der Waals surface area (Å²) in [6, 6.07) is 9.07. The number of hydrogen-bond acceptors (Lipinski definition) is 3. The highest BCUT2D eigenvalue weighted by Gasteiger charge is 2.04. The topological polar surface area (TPSA) is 55.0 Å². The number of aromatic amines is 1. The lowest BCUT2D eigenvalue weighted by Gasteiger charge is -2.09. The summed E-state index contributed by atoms with van der Waals surface area (Å²) in [5, 5.41) is 6.43. The van der Waals surface area contributed by atoms with Crippen LogP contribution in [-0.2, 0) is 0 Å². The molecule has 0 bridgehead atoms. The third kappa shape index (κ3) is 2.77. The minimum Gasteiger partial charge on any atom is -0.493 e. The Bertz CT molecular complexity index is 570. The van der Waals surface area contributed by atoms with Gasteiger partial charge in [-0.3, -0.25) is 4.79 Å². The molecule has 2 aromatic rings. The summed E-state index contributed by atoms with van der Waals surface area (Å²) in [6.07, 6.45) is 0.989. The first kappa shape index (κ1) is 12.4. The van der Waals surface area contributed by atoms with Gasteiger partial charge in [0.05, 0.1) is 12.3 Å². The summed E-state index contributed by atoms with van der Waals surface area (Å²) in [5.74, 6) is 0.894. The summed E-state index contributed by atoms with van der Waals surface area (Å²) in [7, 11) is 0. The Hall–Kier alpha value is -2.10. The van der Waals surface area contributed by atoms with Crippen molar-refractivity contribution in [1.82, 2.24) is 10.2 Å². The van der Waals surface area contributed by atoms with E-state index in [2.05, 4.69) is 17.1 Å². The van der Waals surface area contributed by atoms with E-state index in [9.17, 15) is 4.79 Å². The van der Waals surface area contributed by atoms with Crippen LogP contribution in [0.15, 0.2) is 35.1 Å². The largest absolute Gasteiger partial charge is 0.493 e. The molecule has 1 heterocycles. The van der Waals surface area contributed by atoms with Crippen LogP contribution < -0.4 is 10.3 Å². The first-order valence-electron chi connectivity index (χ1n) is 6.00. The summed E-state index contributed by atoms with van der Waals surface area (Å²) < 4.78 is 5.62. The number of nitrogens with one attached hydrogen (secondary N) is 1. The Kier molecular flexibility index (Phi) is 3.77. The lowest BCUT2D eigenvalue weighted by atomic mass is 10.1. The summed E-state index contributed by atoms with van der Waals surface area (Å²) in [6.45, 7) is 4.80. The van der Waals surface area contributed by atoms with Crippen molar-refractivity contribution in [3.8, 4) is 17.0 Å². The molecule has 4 heteroatoms. The van der Waals surface area contributed by atoms with Crippen LogP contribution in [-0.4, -0.2) is 16.8 Å². The smallest absolute Gasteiger partial charge is 0.264 e. The van der Waals surface area contributed by atoms with Gasteiger partial charge in [0.2, 0.25) is 0 Å². The monoisotopic (exact) mass is 244 g/mol. The van der Waals surface area contributed by atoms with E-state index in [1.165, 1.54) is 6.07 Å². The van der Waals surface area contributed by atoms with Crippen molar-refractivity contribution >= 4 is 0 Å². The van der Waals surface area contributed by atoms with Crippen LogP contribution in [0.3, 0.4) is 0 Å². The number of nitrogens with zero attached hydrogens (tertiary/aromatic N) is 1. The normalized spacial score (nSPS) is 10.3. The van der Waals surface area contributed by atoms with E-state index in [0.717, 1.165) is 35.6 Å². The van der Waals surface area contributed by atoms with Crippen molar-refractivity contribution in [2.45, 2.75) is 20.3 Å². The molecule has 0 atom stereocenters. The fourth-order valence-electron chi connectivity index (χ4n) is 1.69. The number of benzene rings is 1. The minimum atomic E-state index is -0.196. The highest BCUT2D eigenvalue weighted by atomic mass is 16.5. The molecule has 0 aliphatic carbocycles. The first-order valence-corrected chi connectivity index (χ1v) is 6.00. The molecule has 0 spiro atoms. The molecule has 1 N–H and O–H groups in total. The zero-order valence-electron chi connectivity index (χ0n) is 10.6. The van der Waals surface area contributed by atoms with Crippen LogP contribution in [0.2, 0.25) is 0 Å². The Balaban J connectivity index is 2.28. The van der Waals surface area contributed by atoms with E-state index in [0.29, 0.717) is 0 Å². The molecule has 2 rings (SSSR count). The SMILES string of the molecule is CCCOc1ccc(-c2ccc(=O)[nH]n2)cc1C. The van der Waals surface area contributed by atoms with Gasteiger partial charge in [0.1, 0.15) is 5.75 Å². The Labute approximate surface area is 106 Å². The molecule has 0 aliphatic rings. The van der Waals surface area contributed by atoms with Gasteiger partial charge in [-0.15, -0.1) is 0 Å². The van der Waals surface area contributed by atoms with Gasteiger partial charge in [0, 0.05) is 11.6 Å². The second kappa shape index (κ2) is 5.49. The van der Waals surface area contributed by atoms with Crippen LogP contribution in [0.25, 0.3) is 11.3 Å². The molecule has 0 amide bonds. The van der Waals surface area contributed by atoms with Gasteiger partial charge >= 0.3 is 0 Å². The van der Waals surface area contributed by atoms with Crippen LogP contribution in [0.1, 0.15) is 18.9 Å². The zero-order valence-corrected chi connectivity index (χ0v) is 10.6. The number of aryl methyl sites for hydroxylation is 1. The van der Waals surface area contributed by atoms with E-state index in [1.54, 1.807) is 6.07 Å². The highest BCUT2D eigenvalue weighted by molar-refractivity contribution is 5.61. The Morgan fingerprint density at radius 2 is 2.11 bits per heavy atom. The van der Waals surface area contributed by atoms with Crippen molar-refractivity contribution < 1.29 is 4.74 Å². The maximum Gasteiger partial charge on any atom is 0.264 e. The molecule has 0 radical (unpaired) electrons. The second-order valence-corrected chi connectivity index (χ2v) is 4.14. The van der Waals surface area contributed by atoms with E-state index in [1.807, 2.05) is 25.1 Å². The maximum atomic E-state index is 11.0. The van der Waals surface area contributed by atoms with Crippen LogP contribution in [0, 0.1) is 6.92 Å². The second-order valence-electron chi connectivity index (χ2n) is 4.14. The van der Waals surface area contributed by atoms with Crippen molar-refractivity contribution in [2.75, 3.05) is 6.61 Å². The van der Waals surface area contributed by atoms with Crippen LogP contribution in [0.5, 0.6) is 5.75 Å². The molecule has 18 heavy (non-hydrogen) atoms. The highest BCUT2D eigenvalue weighted by Crippen LogP contribution is 2.24.